The Morgan fingerprint density at radius 2 is 2.10 bits per heavy atom. The number of benzene rings is 1. The lowest BCUT2D eigenvalue weighted by molar-refractivity contribution is -0.0614. The molecule has 1 saturated heterocycles. The zero-order valence-corrected chi connectivity index (χ0v) is 16.3. The minimum Gasteiger partial charge on any atom is -0.303 e. The Hall–Kier alpha value is -3.51. The summed E-state index contributed by atoms with van der Waals surface area (Å²) >= 11 is 0. The molecule has 1 aromatic carbocycles. The van der Waals surface area contributed by atoms with E-state index in [1.54, 1.807) is 18.7 Å². The van der Waals surface area contributed by atoms with E-state index in [4.69, 9.17) is 4.84 Å². The van der Waals surface area contributed by atoms with E-state index in [9.17, 15) is 9.18 Å². The van der Waals surface area contributed by atoms with Gasteiger partial charge in [0.05, 0.1) is 29.9 Å². The van der Waals surface area contributed by atoms with Crippen LogP contribution in [0.15, 0.2) is 18.5 Å². The Labute approximate surface area is 166 Å². The van der Waals surface area contributed by atoms with E-state index in [2.05, 4.69) is 32.2 Å². The minimum absolute atomic E-state index is 0.0470. The van der Waals surface area contributed by atoms with Crippen molar-refractivity contribution in [1.82, 2.24) is 24.8 Å². The van der Waals surface area contributed by atoms with Crippen molar-refractivity contribution < 1.29 is 14.0 Å². The Morgan fingerprint density at radius 3 is 2.86 bits per heavy atom. The number of nitrogens with zero attached hydrogens (tertiary/aromatic N) is 5. The fourth-order valence-corrected chi connectivity index (χ4v) is 3.13. The third kappa shape index (κ3) is 3.62. The van der Waals surface area contributed by atoms with Crippen molar-refractivity contribution in [2.24, 2.45) is 7.05 Å². The number of fused-ring (bicyclic) bond motifs is 1. The number of amides is 2. The van der Waals surface area contributed by atoms with Crippen molar-refractivity contribution in [3.8, 4) is 11.8 Å². The van der Waals surface area contributed by atoms with Gasteiger partial charge in [-0.1, -0.05) is 5.92 Å². The van der Waals surface area contributed by atoms with Gasteiger partial charge in [-0.25, -0.2) is 28.9 Å². The lowest BCUT2D eigenvalue weighted by Gasteiger charge is -2.15. The maximum atomic E-state index is 14.4. The summed E-state index contributed by atoms with van der Waals surface area (Å²) in [7, 11) is 1.79. The van der Waals surface area contributed by atoms with Crippen molar-refractivity contribution in [3.05, 3.63) is 46.8 Å². The first kappa shape index (κ1) is 18.8. The summed E-state index contributed by atoms with van der Waals surface area (Å²) < 4.78 is 16.0. The first-order valence-corrected chi connectivity index (χ1v) is 9.12. The number of aryl methyl sites for hydroxylation is 3. The summed E-state index contributed by atoms with van der Waals surface area (Å²) in [6, 6.07) is 2.35. The molecule has 0 radical (unpaired) electrons. The molecular weight excluding hydrogens is 375 g/mol. The molecule has 3 heterocycles. The maximum Gasteiger partial charge on any atom is 0.345 e. The number of anilines is 1. The van der Waals surface area contributed by atoms with Crippen molar-refractivity contribution in [2.45, 2.75) is 20.3 Å². The Morgan fingerprint density at radius 1 is 1.28 bits per heavy atom. The van der Waals surface area contributed by atoms with E-state index in [0.717, 1.165) is 17.5 Å². The van der Waals surface area contributed by atoms with Crippen LogP contribution < -0.4 is 5.32 Å². The van der Waals surface area contributed by atoms with Crippen LogP contribution in [-0.4, -0.2) is 44.0 Å². The van der Waals surface area contributed by atoms with Gasteiger partial charge in [0.25, 0.3) is 0 Å². The molecule has 3 aromatic rings. The van der Waals surface area contributed by atoms with Crippen LogP contribution in [-0.2, 0) is 11.9 Å². The summed E-state index contributed by atoms with van der Waals surface area (Å²) in [5, 5.41) is 8.92. The second-order valence-electron chi connectivity index (χ2n) is 6.75. The summed E-state index contributed by atoms with van der Waals surface area (Å²) in [4.78, 5) is 25.8. The third-order valence-corrected chi connectivity index (χ3v) is 4.66. The molecule has 29 heavy (non-hydrogen) atoms. The summed E-state index contributed by atoms with van der Waals surface area (Å²) in [5.41, 5.74) is 3.29. The molecule has 0 atom stereocenters. The van der Waals surface area contributed by atoms with Gasteiger partial charge in [-0.2, -0.15) is 5.10 Å². The number of urea groups is 1. The number of hydroxylamine groups is 2. The van der Waals surface area contributed by atoms with Gasteiger partial charge >= 0.3 is 6.03 Å². The molecule has 4 rings (SSSR count). The zero-order chi connectivity index (χ0) is 20.5. The third-order valence-electron chi connectivity index (χ3n) is 4.66. The van der Waals surface area contributed by atoms with Gasteiger partial charge in [0.15, 0.2) is 5.65 Å². The van der Waals surface area contributed by atoms with Gasteiger partial charge < -0.3 is 5.32 Å². The smallest absolute Gasteiger partial charge is 0.303 e. The Balaban J connectivity index is 1.68. The Kier molecular flexibility index (Phi) is 4.86. The SMILES string of the molecule is Cc1cc(F)c(NC(=O)N2CCCO2)cc1C#Cc1nn(C)c2ncnc(C)c12. The van der Waals surface area contributed by atoms with Gasteiger partial charge in [-0.3, -0.25) is 4.84 Å². The van der Waals surface area contributed by atoms with Crippen LogP contribution in [0, 0.1) is 31.5 Å². The second-order valence-corrected chi connectivity index (χ2v) is 6.75. The van der Waals surface area contributed by atoms with Gasteiger partial charge in [0, 0.05) is 12.6 Å². The van der Waals surface area contributed by atoms with E-state index in [1.807, 2.05) is 6.92 Å². The monoisotopic (exact) mass is 394 g/mol. The molecule has 0 saturated carbocycles. The van der Waals surface area contributed by atoms with E-state index in [-0.39, 0.29) is 5.69 Å². The van der Waals surface area contributed by atoms with Crippen molar-refractivity contribution >= 4 is 22.8 Å². The van der Waals surface area contributed by atoms with Crippen LogP contribution in [0.1, 0.15) is 28.9 Å². The van der Waals surface area contributed by atoms with Gasteiger partial charge in [-0.15, -0.1) is 0 Å². The number of hydrogen-bond acceptors (Lipinski definition) is 5. The average Bonchev–Trinajstić information content (AvgIpc) is 3.32. The van der Waals surface area contributed by atoms with Gasteiger partial charge in [0.2, 0.25) is 0 Å². The molecule has 2 aromatic heterocycles. The van der Waals surface area contributed by atoms with Gasteiger partial charge in [-0.05, 0) is 43.9 Å². The highest BCUT2D eigenvalue weighted by Gasteiger charge is 2.20. The largest absolute Gasteiger partial charge is 0.345 e. The first-order valence-electron chi connectivity index (χ1n) is 9.12. The lowest BCUT2D eigenvalue weighted by Crippen LogP contribution is -2.31. The molecule has 2 amide bonds. The van der Waals surface area contributed by atoms with Crippen LogP contribution >= 0.6 is 0 Å². The molecule has 0 aliphatic carbocycles. The number of aromatic nitrogens is 4. The predicted octanol–water partition coefficient (Wildman–Crippen LogP) is 2.69. The topological polar surface area (TPSA) is 85.2 Å². The first-order chi connectivity index (χ1) is 13.9. The normalized spacial score (nSPS) is 13.4. The summed E-state index contributed by atoms with van der Waals surface area (Å²) in [6.45, 7) is 4.57. The highest BCUT2D eigenvalue weighted by molar-refractivity contribution is 5.89. The average molecular weight is 394 g/mol. The summed E-state index contributed by atoms with van der Waals surface area (Å²) in [6.07, 6.45) is 2.24. The lowest BCUT2D eigenvalue weighted by atomic mass is 10.1. The van der Waals surface area contributed by atoms with E-state index in [1.165, 1.54) is 23.5 Å². The fraction of sp³-hybridized carbons (Fsp3) is 0.300. The maximum absolute atomic E-state index is 14.4. The van der Waals surface area contributed by atoms with Gasteiger partial charge in [0.1, 0.15) is 17.8 Å². The molecular formula is C20H19FN6O2. The molecule has 1 N–H and O–H groups in total. The van der Waals surface area contributed by atoms with Crippen LogP contribution in [0.2, 0.25) is 0 Å². The van der Waals surface area contributed by atoms with Crippen LogP contribution in [0.5, 0.6) is 0 Å². The molecule has 1 aliphatic rings. The highest BCUT2D eigenvalue weighted by Crippen LogP contribution is 2.22. The van der Waals surface area contributed by atoms with E-state index in [0.29, 0.717) is 35.6 Å². The predicted molar refractivity (Wildman–Crippen MR) is 104 cm³/mol. The number of rotatable bonds is 1. The highest BCUT2D eigenvalue weighted by atomic mass is 19.1. The molecule has 148 valence electrons. The fourth-order valence-electron chi connectivity index (χ4n) is 3.13. The molecule has 1 fully saturated rings. The van der Waals surface area contributed by atoms with Crippen LogP contribution in [0.3, 0.4) is 0 Å². The van der Waals surface area contributed by atoms with Crippen LogP contribution in [0.4, 0.5) is 14.9 Å². The number of hydrogen-bond donors (Lipinski definition) is 1. The number of nitrogens with one attached hydrogen (secondary N) is 1. The van der Waals surface area contributed by atoms with Crippen molar-refractivity contribution in [3.63, 3.8) is 0 Å². The molecule has 9 heteroatoms. The molecule has 0 bridgehead atoms. The number of carbonyl (C=O) groups is 1. The summed E-state index contributed by atoms with van der Waals surface area (Å²) in [5.74, 6) is 5.52. The minimum atomic E-state index is -0.534. The second kappa shape index (κ2) is 7.48. The standard InChI is InChI=1S/C20H19FN6O2/c1-12-9-15(21)17(24-20(28)27-7-4-8-29-27)10-14(12)5-6-16-18-13(2)22-11-23-19(18)26(3)25-16/h9-11H,4,7-8H2,1-3H3,(H,24,28). The van der Waals surface area contributed by atoms with E-state index < -0.39 is 11.8 Å². The van der Waals surface area contributed by atoms with Crippen molar-refractivity contribution in [2.75, 3.05) is 18.5 Å². The zero-order valence-electron chi connectivity index (χ0n) is 16.3. The Bertz CT molecular complexity index is 1170. The van der Waals surface area contributed by atoms with E-state index >= 15 is 0 Å². The molecule has 1 aliphatic heterocycles. The number of carbonyl (C=O) groups excluding carboxylic acids is 1. The number of halogens is 1. The molecule has 0 spiro atoms. The quantitative estimate of drug-likeness (QED) is 0.642. The molecule has 0 unspecified atom stereocenters. The van der Waals surface area contributed by atoms with Crippen molar-refractivity contribution in [1.29, 1.82) is 0 Å². The van der Waals surface area contributed by atoms with Crippen LogP contribution in [0.25, 0.3) is 11.0 Å². The molecule has 8 nitrogen and oxygen atoms in total.